The Morgan fingerprint density at radius 2 is 1.53 bits per heavy atom. The zero-order valence-electron chi connectivity index (χ0n) is 10.2. The molecule has 80 valence electrons. The molecular weight excluding hydrogens is 226 g/mol. The van der Waals surface area contributed by atoms with E-state index in [4.69, 9.17) is 0 Å². The fraction of sp³-hybridized carbons (Fsp3) is 0.273. The normalized spacial score (nSPS) is 9.71. The molecule has 0 heterocycles. The Balaban J connectivity index is 0. The van der Waals surface area contributed by atoms with E-state index < -0.39 is 17.4 Å². The largest absolute Gasteiger partial charge is 1.00 e. The molecule has 0 saturated carbocycles. The van der Waals surface area contributed by atoms with E-state index >= 15 is 0 Å². The van der Waals surface area contributed by atoms with Gasteiger partial charge in [0.2, 0.25) is 0 Å². The fourth-order valence-corrected chi connectivity index (χ4v) is 1.23. The first-order chi connectivity index (χ1) is 6.97. The summed E-state index contributed by atoms with van der Waals surface area (Å²) in [7, 11) is 0. The SMILES string of the molecule is CC(Cc1ccccc1)(C(=O)[O-])C(=O)[O-].[Li+].[Na+]. The van der Waals surface area contributed by atoms with Crippen LogP contribution in [0.15, 0.2) is 30.3 Å². The average molecular weight is 236 g/mol. The van der Waals surface area contributed by atoms with E-state index in [-0.39, 0.29) is 54.8 Å². The molecule has 0 N–H and O–H groups in total. The molecule has 0 aliphatic heterocycles. The second-order valence-corrected chi connectivity index (χ2v) is 3.57. The molecule has 0 aromatic heterocycles. The Morgan fingerprint density at radius 1 is 1.12 bits per heavy atom. The Bertz CT molecular complexity index is 366. The predicted molar refractivity (Wildman–Crippen MR) is 48.3 cm³/mol. The Hall–Kier alpha value is -0.243. The summed E-state index contributed by atoms with van der Waals surface area (Å²) in [4.78, 5) is 21.5. The number of benzene rings is 1. The van der Waals surface area contributed by atoms with E-state index in [0.29, 0.717) is 5.56 Å². The quantitative estimate of drug-likeness (QED) is 0.384. The molecular formula is C11H10LiNaO4. The van der Waals surface area contributed by atoms with Crippen LogP contribution in [0.1, 0.15) is 12.5 Å². The van der Waals surface area contributed by atoms with Gasteiger partial charge in [0.1, 0.15) is 0 Å². The van der Waals surface area contributed by atoms with Crippen molar-refractivity contribution in [2.45, 2.75) is 13.3 Å². The third kappa shape index (κ3) is 4.87. The van der Waals surface area contributed by atoms with Crippen LogP contribution in [-0.2, 0) is 16.0 Å². The van der Waals surface area contributed by atoms with Crippen LogP contribution in [-0.4, -0.2) is 11.9 Å². The van der Waals surface area contributed by atoms with E-state index in [0.717, 1.165) is 6.92 Å². The van der Waals surface area contributed by atoms with Gasteiger partial charge in [-0.1, -0.05) is 30.3 Å². The average Bonchev–Trinajstić information content (AvgIpc) is 2.18. The maximum absolute atomic E-state index is 10.7. The van der Waals surface area contributed by atoms with Gasteiger partial charge in [-0.05, 0) is 18.9 Å². The molecule has 0 radical (unpaired) electrons. The summed E-state index contributed by atoms with van der Waals surface area (Å²) in [5.74, 6) is -3.27. The summed E-state index contributed by atoms with van der Waals surface area (Å²) >= 11 is 0. The third-order valence-corrected chi connectivity index (χ3v) is 2.30. The minimum Gasteiger partial charge on any atom is -0.549 e. The van der Waals surface area contributed by atoms with E-state index in [1.54, 1.807) is 30.3 Å². The molecule has 0 unspecified atom stereocenters. The van der Waals surface area contributed by atoms with Crippen molar-refractivity contribution in [3.8, 4) is 0 Å². The molecule has 1 aromatic carbocycles. The van der Waals surface area contributed by atoms with Crippen LogP contribution >= 0.6 is 0 Å². The first kappa shape index (κ1) is 19.1. The molecule has 1 rings (SSSR count). The van der Waals surface area contributed by atoms with Gasteiger partial charge in [-0.25, -0.2) is 0 Å². The summed E-state index contributed by atoms with van der Waals surface area (Å²) in [6.07, 6.45) is -0.140. The minimum atomic E-state index is -1.98. The monoisotopic (exact) mass is 236 g/mol. The summed E-state index contributed by atoms with van der Waals surface area (Å²) in [6.45, 7) is 1.09. The molecule has 0 spiro atoms. The van der Waals surface area contributed by atoms with Gasteiger partial charge >= 0.3 is 48.4 Å². The molecule has 0 aliphatic rings. The van der Waals surface area contributed by atoms with Crippen LogP contribution in [0.25, 0.3) is 0 Å². The van der Waals surface area contributed by atoms with Crippen molar-refractivity contribution in [1.29, 1.82) is 0 Å². The van der Waals surface area contributed by atoms with E-state index in [2.05, 4.69) is 0 Å². The van der Waals surface area contributed by atoms with Crippen molar-refractivity contribution in [2.24, 2.45) is 5.41 Å². The number of carboxylic acids is 2. The van der Waals surface area contributed by atoms with Gasteiger partial charge in [0.05, 0.1) is 17.4 Å². The van der Waals surface area contributed by atoms with Crippen molar-refractivity contribution < 1.29 is 68.2 Å². The molecule has 0 aliphatic carbocycles. The number of aliphatic carboxylic acids is 2. The molecule has 0 atom stereocenters. The van der Waals surface area contributed by atoms with Crippen molar-refractivity contribution in [3.05, 3.63) is 35.9 Å². The standard InChI is InChI=1S/C11H12O4.Li.Na/c1-11(9(12)13,10(14)15)7-8-5-3-2-4-6-8;;/h2-6H,7H2,1H3,(H,12,13)(H,14,15);;/q;2*+1/p-2. The Kier molecular flexibility index (Phi) is 8.95. The zero-order chi connectivity index (χ0) is 11.5. The molecule has 0 fully saturated rings. The summed E-state index contributed by atoms with van der Waals surface area (Å²) in [5, 5.41) is 21.5. The van der Waals surface area contributed by atoms with Crippen LogP contribution in [0.5, 0.6) is 0 Å². The number of carbonyl (C=O) groups is 2. The molecule has 6 heteroatoms. The zero-order valence-corrected chi connectivity index (χ0v) is 12.2. The van der Waals surface area contributed by atoms with Gasteiger partial charge in [-0.3, -0.25) is 0 Å². The van der Waals surface area contributed by atoms with Crippen LogP contribution in [0.4, 0.5) is 0 Å². The van der Waals surface area contributed by atoms with E-state index in [1.807, 2.05) is 0 Å². The molecule has 0 amide bonds. The van der Waals surface area contributed by atoms with Crippen LogP contribution in [0.2, 0.25) is 0 Å². The smallest absolute Gasteiger partial charge is 0.549 e. The topological polar surface area (TPSA) is 80.3 Å². The second kappa shape index (κ2) is 7.96. The number of hydrogen-bond donors (Lipinski definition) is 0. The summed E-state index contributed by atoms with van der Waals surface area (Å²) in [5.41, 5.74) is -1.37. The van der Waals surface area contributed by atoms with Crippen molar-refractivity contribution >= 4 is 11.9 Å². The fourth-order valence-electron chi connectivity index (χ4n) is 1.23. The Labute approximate surface area is 134 Å². The number of hydrogen-bond acceptors (Lipinski definition) is 4. The first-order valence-corrected chi connectivity index (χ1v) is 4.43. The Morgan fingerprint density at radius 3 is 1.88 bits per heavy atom. The van der Waals surface area contributed by atoms with Gasteiger partial charge in [0.15, 0.2) is 0 Å². The molecule has 0 saturated heterocycles. The maximum atomic E-state index is 10.7. The van der Waals surface area contributed by atoms with E-state index in [1.165, 1.54) is 0 Å². The van der Waals surface area contributed by atoms with Gasteiger partial charge in [-0.15, -0.1) is 0 Å². The van der Waals surface area contributed by atoms with Crippen LogP contribution in [0, 0.1) is 5.41 Å². The maximum Gasteiger partial charge on any atom is 1.00 e. The van der Waals surface area contributed by atoms with Gasteiger partial charge in [0.25, 0.3) is 0 Å². The molecule has 4 nitrogen and oxygen atoms in total. The van der Waals surface area contributed by atoms with Crippen molar-refractivity contribution in [1.82, 2.24) is 0 Å². The molecule has 0 bridgehead atoms. The van der Waals surface area contributed by atoms with Gasteiger partial charge < -0.3 is 19.8 Å². The van der Waals surface area contributed by atoms with Crippen molar-refractivity contribution in [3.63, 3.8) is 0 Å². The number of carbonyl (C=O) groups excluding carboxylic acids is 2. The second-order valence-electron chi connectivity index (χ2n) is 3.57. The number of rotatable bonds is 4. The van der Waals surface area contributed by atoms with E-state index in [9.17, 15) is 19.8 Å². The van der Waals surface area contributed by atoms with Gasteiger partial charge in [0, 0.05) is 0 Å². The molecule has 1 aromatic rings. The first-order valence-electron chi connectivity index (χ1n) is 4.43. The van der Waals surface area contributed by atoms with Crippen molar-refractivity contribution in [2.75, 3.05) is 0 Å². The minimum absolute atomic E-state index is 0. The summed E-state index contributed by atoms with van der Waals surface area (Å²) < 4.78 is 0. The summed E-state index contributed by atoms with van der Waals surface area (Å²) in [6, 6.07) is 8.49. The third-order valence-electron chi connectivity index (χ3n) is 2.30. The number of carboxylic acid groups (broad SMARTS) is 2. The molecule has 17 heavy (non-hydrogen) atoms. The predicted octanol–water partition coefficient (Wildman–Crippen LogP) is -7.26. The van der Waals surface area contributed by atoms with Gasteiger partial charge in [-0.2, -0.15) is 0 Å². The van der Waals surface area contributed by atoms with Crippen LogP contribution < -0.4 is 58.6 Å². The van der Waals surface area contributed by atoms with Crippen LogP contribution in [0.3, 0.4) is 0 Å².